The first-order chi connectivity index (χ1) is 13.2. The second-order valence-corrected chi connectivity index (χ2v) is 7.77. The number of hydrogen-bond acceptors (Lipinski definition) is 7. The number of hydrogen-bond donors (Lipinski definition) is 0. The first kappa shape index (κ1) is 18.9. The van der Waals surface area contributed by atoms with Gasteiger partial charge in [0.15, 0.2) is 0 Å². The number of epoxide rings is 3. The van der Waals surface area contributed by atoms with Gasteiger partial charge >= 0.3 is 11.9 Å². The molecular formula is C20H28O7. The topological polar surface area (TPSA) is 90.2 Å². The van der Waals surface area contributed by atoms with Gasteiger partial charge in [-0.2, -0.15) is 0 Å². The Bertz CT molecular complexity index is 541. The molecule has 0 bridgehead atoms. The van der Waals surface area contributed by atoms with E-state index in [1.807, 2.05) is 0 Å². The summed E-state index contributed by atoms with van der Waals surface area (Å²) in [7, 11) is 0. The molecule has 1 saturated carbocycles. The third-order valence-electron chi connectivity index (χ3n) is 5.48. The normalized spacial score (nSPS) is 33.2. The molecule has 4 unspecified atom stereocenters. The maximum absolute atomic E-state index is 12.0. The zero-order valence-electron chi connectivity index (χ0n) is 15.7. The van der Waals surface area contributed by atoms with Crippen molar-refractivity contribution in [1.82, 2.24) is 0 Å². The molecule has 3 heterocycles. The molecule has 0 amide bonds. The fraction of sp³-hybridized carbons (Fsp3) is 0.800. The van der Waals surface area contributed by atoms with Gasteiger partial charge in [0.1, 0.15) is 25.4 Å². The number of carbonyl (C=O) groups is 2. The Kier molecular flexibility index (Phi) is 6.10. The summed E-state index contributed by atoms with van der Waals surface area (Å²) in [5.74, 6) is -0.815. The molecule has 7 heteroatoms. The van der Waals surface area contributed by atoms with E-state index < -0.39 is 11.9 Å². The summed E-state index contributed by atoms with van der Waals surface area (Å²) >= 11 is 0. The van der Waals surface area contributed by atoms with Crippen molar-refractivity contribution in [3.05, 3.63) is 11.1 Å². The molecule has 2 aliphatic carbocycles. The molecule has 150 valence electrons. The highest BCUT2D eigenvalue weighted by molar-refractivity contribution is 6.00. The molecule has 5 aliphatic rings. The van der Waals surface area contributed by atoms with Crippen LogP contribution >= 0.6 is 0 Å². The number of esters is 2. The standard InChI is InChI=1S/C14H18O6.C6H10O/c15-13(19-7-9-5-17-9)11-3-1-2-4-12(11)14(16)20-8-10-6-18-10;1-2-4-6-5(3-1)7-6/h9-10H,1-8H2;5-6H,1-4H2. The van der Waals surface area contributed by atoms with Crippen LogP contribution in [-0.4, -0.2) is 62.8 Å². The molecule has 0 aromatic heterocycles. The van der Waals surface area contributed by atoms with Crippen molar-refractivity contribution >= 4 is 11.9 Å². The Morgan fingerprint density at radius 1 is 0.778 bits per heavy atom. The second kappa shape index (κ2) is 8.71. The van der Waals surface area contributed by atoms with E-state index in [2.05, 4.69) is 0 Å². The van der Waals surface area contributed by atoms with Gasteiger partial charge in [-0.05, 0) is 38.5 Å². The van der Waals surface area contributed by atoms with E-state index in [-0.39, 0.29) is 25.4 Å². The van der Waals surface area contributed by atoms with Crippen molar-refractivity contribution in [3.8, 4) is 0 Å². The second-order valence-electron chi connectivity index (χ2n) is 7.77. The van der Waals surface area contributed by atoms with Crippen molar-refractivity contribution in [2.45, 2.75) is 75.8 Å². The fourth-order valence-electron chi connectivity index (χ4n) is 3.57. The molecule has 4 atom stereocenters. The molecule has 4 fully saturated rings. The molecule has 0 aromatic rings. The van der Waals surface area contributed by atoms with Crippen LogP contribution in [0.4, 0.5) is 0 Å². The summed E-state index contributed by atoms with van der Waals surface area (Å²) in [4.78, 5) is 24.1. The quantitative estimate of drug-likeness (QED) is 0.515. The monoisotopic (exact) mass is 380 g/mol. The highest BCUT2D eigenvalue weighted by Crippen LogP contribution is 2.35. The largest absolute Gasteiger partial charge is 0.459 e. The molecule has 0 spiro atoms. The Labute approximate surface area is 159 Å². The maximum atomic E-state index is 12.0. The predicted molar refractivity (Wildman–Crippen MR) is 94.0 cm³/mol. The average molecular weight is 380 g/mol. The van der Waals surface area contributed by atoms with Gasteiger partial charge in [0, 0.05) is 11.1 Å². The SMILES string of the molecule is C1CCC2OC2C1.O=C(OCC1CO1)C1=C(C(=O)OCC2CO2)CCCC1. The number of carbonyl (C=O) groups excluding carboxylic acids is 2. The summed E-state index contributed by atoms with van der Waals surface area (Å²) in [5, 5.41) is 0. The molecule has 0 radical (unpaired) electrons. The molecule has 5 rings (SSSR count). The van der Waals surface area contributed by atoms with Crippen molar-refractivity contribution < 1.29 is 33.3 Å². The first-order valence-corrected chi connectivity index (χ1v) is 10.2. The average Bonchev–Trinajstić information content (AvgIpc) is 3.57. The van der Waals surface area contributed by atoms with Crippen LogP contribution in [0, 0.1) is 0 Å². The van der Waals surface area contributed by atoms with Crippen LogP contribution in [0.25, 0.3) is 0 Å². The summed E-state index contributed by atoms with van der Waals surface area (Å²) < 4.78 is 25.6. The van der Waals surface area contributed by atoms with Crippen LogP contribution in [0.1, 0.15) is 51.4 Å². The van der Waals surface area contributed by atoms with E-state index in [0.29, 0.717) is 49.4 Å². The van der Waals surface area contributed by atoms with E-state index in [1.165, 1.54) is 25.7 Å². The maximum Gasteiger partial charge on any atom is 0.334 e. The first-order valence-electron chi connectivity index (χ1n) is 10.2. The smallest absolute Gasteiger partial charge is 0.334 e. The van der Waals surface area contributed by atoms with Gasteiger partial charge in [-0.25, -0.2) is 9.59 Å². The molecule has 0 aromatic carbocycles. The fourth-order valence-corrected chi connectivity index (χ4v) is 3.57. The molecule has 0 N–H and O–H groups in total. The number of ether oxygens (including phenoxy) is 5. The van der Waals surface area contributed by atoms with Crippen LogP contribution < -0.4 is 0 Å². The highest BCUT2D eigenvalue weighted by Gasteiger charge is 2.39. The summed E-state index contributed by atoms with van der Waals surface area (Å²) in [6.45, 7) is 1.81. The van der Waals surface area contributed by atoms with E-state index in [0.717, 1.165) is 12.8 Å². The summed E-state index contributed by atoms with van der Waals surface area (Å²) in [5.41, 5.74) is 0.942. The third-order valence-corrected chi connectivity index (χ3v) is 5.48. The van der Waals surface area contributed by atoms with Gasteiger partial charge in [-0.1, -0.05) is 12.8 Å². The van der Waals surface area contributed by atoms with Gasteiger partial charge in [-0.15, -0.1) is 0 Å². The number of rotatable bonds is 6. The lowest BCUT2D eigenvalue weighted by molar-refractivity contribution is -0.143. The third kappa shape index (κ3) is 5.77. The van der Waals surface area contributed by atoms with Crippen LogP contribution in [0.3, 0.4) is 0 Å². The minimum absolute atomic E-state index is 0.0329. The van der Waals surface area contributed by atoms with Crippen LogP contribution in [-0.2, 0) is 33.3 Å². The van der Waals surface area contributed by atoms with Gasteiger partial charge in [-0.3, -0.25) is 0 Å². The van der Waals surface area contributed by atoms with Gasteiger partial charge in [0.2, 0.25) is 0 Å². The van der Waals surface area contributed by atoms with Gasteiger partial charge < -0.3 is 23.7 Å². The summed E-state index contributed by atoms with van der Waals surface area (Å²) in [6.07, 6.45) is 9.90. The predicted octanol–water partition coefficient (Wildman–Crippen LogP) is 2.07. The molecule has 27 heavy (non-hydrogen) atoms. The van der Waals surface area contributed by atoms with Gasteiger partial charge in [0.25, 0.3) is 0 Å². The Balaban J connectivity index is 0.000000213. The Hall–Kier alpha value is -1.44. The lowest BCUT2D eigenvalue weighted by Gasteiger charge is -2.18. The molecule has 3 aliphatic heterocycles. The van der Waals surface area contributed by atoms with E-state index in [9.17, 15) is 9.59 Å². The molecular weight excluding hydrogens is 352 g/mol. The summed E-state index contributed by atoms with van der Waals surface area (Å²) in [6, 6.07) is 0. The van der Waals surface area contributed by atoms with E-state index in [4.69, 9.17) is 23.7 Å². The van der Waals surface area contributed by atoms with Crippen LogP contribution in [0.5, 0.6) is 0 Å². The van der Waals surface area contributed by atoms with Crippen molar-refractivity contribution in [2.75, 3.05) is 26.4 Å². The van der Waals surface area contributed by atoms with Gasteiger partial charge in [0.05, 0.1) is 25.4 Å². The van der Waals surface area contributed by atoms with Crippen LogP contribution in [0.2, 0.25) is 0 Å². The van der Waals surface area contributed by atoms with Crippen molar-refractivity contribution in [1.29, 1.82) is 0 Å². The van der Waals surface area contributed by atoms with Crippen molar-refractivity contribution in [2.24, 2.45) is 0 Å². The van der Waals surface area contributed by atoms with Crippen LogP contribution in [0.15, 0.2) is 11.1 Å². The number of fused-ring (bicyclic) bond motifs is 1. The molecule has 3 saturated heterocycles. The lowest BCUT2D eigenvalue weighted by atomic mass is 9.92. The van der Waals surface area contributed by atoms with E-state index >= 15 is 0 Å². The lowest BCUT2D eigenvalue weighted by Crippen LogP contribution is -2.21. The Morgan fingerprint density at radius 2 is 1.22 bits per heavy atom. The Morgan fingerprint density at radius 3 is 1.59 bits per heavy atom. The minimum Gasteiger partial charge on any atom is -0.459 e. The van der Waals surface area contributed by atoms with Crippen molar-refractivity contribution in [3.63, 3.8) is 0 Å². The van der Waals surface area contributed by atoms with E-state index in [1.54, 1.807) is 0 Å². The minimum atomic E-state index is -0.408. The zero-order chi connectivity index (χ0) is 18.6. The molecule has 7 nitrogen and oxygen atoms in total. The zero-order valence-corrected chi connectivity index (χ0v) is 15.7. The highest BCUT2D eigenvalue weighted by atomic mass is 16.6.